The minimum atomic E-state index is 0.222. The summed E-state index contributed by atoms with van der Waals surface area (Å²) in [6.07, 6.45) is 4.52. The maximum atomic E-state index is 9.02. The fraction of sp³-hybridized carbons (Fsp3) is 0.300. The molecule has 1 aliphatic heterocycles. The maximum absolute atomic E-state index is 9.02. The lowest BCUT2D eigenvalue weighted by Gasteiger charge is -2.10. The zero-order valence-electron chi connectivity index (χ0n) is 7.55. The molecule has 2 aromatic rings. The maximum Gasteiger partial charge on any atom is 0.0957 e. The second kappa shape index (κ2) is 2.93. The number of rotatable bonds is 2. The molecule has 0 amide bonds. The lowest BCUT2D eigenvalue weighted by Crippen LogP contribution is -2.05. The number of aliphatic hydroxyl groups is 1. The SMILES string of the molecule is OCC[C@@H]1c2sccc2-c2cncn21. The van der Waals surface area contributed by atoms with Gasteiger partial charge in [-0.2, -0.15) is 0 Å². The van der Waals surface area contributed by atoms with E-state index in [1.807, 2.05) is 12.5 Å². The normalized spacial score (nSPS) is 18.2. The molecule has 1 aliphatic rings. The lowest BCUT2D eigenvalue weighted by molar-refractivity contribution is 0.271. The largest absolute Gasteiger partial charge is 0.396 e. The van der Waals surface area contributed by atoms with E-state index in [9.17, 15) is 0 Å². The zero-order valence-corrected chi connectivity index (χ0v) is 8.37. The van der Waals surface area contributed by atoms with Crippen LogP contribution in [0, 0.1) is 0 Å². The number of hydrogen-bond donors (Lipinski definition) is 1. The fourth-order valence-electron chi connectivity index (χ4n) is 2.07. The molecule has 0 spiro atoms. The van der Waals surface area contributed by atoms with Crippen molar-refractivity contribution in [2.24, 2.45) is 0 Å². The van der Waals surface area contributed by atoms with Crippen molar-refractivity contribution < 1.29 is 5.11 Å². The first-order valence-corrected chi connectivity index (χ1v) is 5.50. The first kappa shape index (κ1) is 8.20. The molecule has 4 heteroatoms. The summed E-state index contributed by atoms with van der Waals surface area (Å²) in [7, 11) is 0. The highest BCUT2D eigenvalue weighted by molar-refractivity contribution is 7.10. The van der Waals surface area contributed by atoms with Crippen molar-refractivity contribution in [2.45, 2.75) is 12.5 Å². The minimum Gasteiger partial charge on any atom is -0.396 e. The lowest BCUT2D eigenvalue weighted by atomic mass is 10.1. The quantitative estimate of drug-likeness (QED) is 0.815. The smallest absolute Gasteiger partial charge is 0.0957 e. The van der Waals surface area contributed by atoms with Crippen molar-refractivity contribution in [1.82, 2.24) is 9.55 Å². The van der Waals surface area contributed by atoms with Gasteiger partial charge in [-0.15, -0.1) is 11.3 Å². The Morgan fingerprint density at radius 1 is 1.57 bits per heavy atom. The van der Waals surface area contributed by atoms with Gasteiger partial charge in [-0.05, 0) is 17.9 Å². The number of hydrogen-bond acceptors (Lipinski definition) is 3. The molecule has 3 heterocycles. The van der Waals surface area contributed by atoms with E-state index >= 15 is 0 Å². The third-order valence-corrected chi connectivity index (χ3v) is 3.70. The standard InChI is InChI=1S/C10H10N2OS/c13-3-1-8-10-7(2-4-14-10)9-5-11-6-12(8)9/h2,4-6,8,13H,1,3H2/t8-/m1/s1. The summed E-state index contributed by atoms with van der Waals surface area (Å²) in [4.78, 5) is 5.50. The number of aromatic nitrogens is 2. The Bertz CT molecular complexity index is 420. The molecule has 1 N–H and O–H groups in total. The van der Waals surface area contributed by atoms with Gasteiger partial charge in [-0.1, -0.05) is 0 Å². The first-order chi connectivity index (χ1) is 6.92. The van der Waals surface area contributed by atoms with Crippen LogP contribution in [0.1, 0.15) is 17.3 Å². The van der Waals surface area contributed by atoms with Crippen molar-refractivity contribution in [3.8, 4) is 11.3 Å². The molecule has 0 aromatic carbocycles. The summed E-state index contributed by atoms with van der Waals surface area (Å²) in [6.45, 7) is 0.222. The predicted octanol–water partition coefficient (Wildman–Crippen LogP) is 1.90. The molecule has 72 valence electrons. The van der Waals surface area contributed by atoms with Crippen molar-refractivity contribution >= 4 is 11.3 Å². The Morgan fingerprint density at radius 3 is 3.36 bits per heavy atom. The molecule has 0 saturated heterocycles. The summed E-state index contributed by atoms with van der Waals surface area (Å²) >= 11 is 1.76. The van der Waals surface area contributed by atoms with E-state index < -0.39 is 0 Å². The average molecular weight is 206 g/mol. The van der Waals surface area contributed by atoms with Gasteiger partial charge in [0.05, 0.1) is 24.3 Å². The first-order valence-electron chi connectivity index (χ1n) is 4.62. The average Bonchev–Trinajstić information content (AvgIpc) is 2.83. The van der Waals surface area contributed by atoms with Gasteiger partial charge in [0.1, 0.15) is 0 Å². The molecule has 0 unspecified atom stereocenters. The molecule has 2 aromatic heterocycles. The molecule has 3 rings (SSSR count). The molecule has 3 nitrogen and oxygen atoms in total. The Hall–Kier alpha value is -1.13. The Morgan fingerprint density at radius 2 is 2.50 bits per heavy atom. The molecule has 0 saturated carbocycles. The molecular formula is C10H10N2OS. The molecule has 0 bridgehead atoms. The molecule has 14 heavy (non-hydrogen) atoms. The van der Waals surface area contributed by atoms with Crippen molar-refractivity contribution in [1.29, 1.82) is 0 Å². The minimum absolute atomic E-state index is 0.222. The van der Waals surface area contributed by atoms with Gasteiger partial charge in [0, 0.05) is 17.0 Å². The number of imidazole rings is 1. The van der Waals surface area contributed by atoms with Crippen molar-refractivity contribution in [3.63, 3.8) is 0 Å². The van der Waals surface area contributed by atoms with Crippen LogP contribution in [0.15, 0.2) is 24.0 Å². The third kappa shape index (κ3) is 0.923. The van der Waals surface area contributed by atoms with Gasteiger partial charge in [0.2, 0.25) is 0 Å². The summed E-state index contributed by atoms with van der Waals surface area (Å²) < 4.78 is 2.15. The fourth-order valence-corrected chi connectivity index (χ4v) is 3.11. The highest BCUT2D eigenvalue weighted by Crippen LogP contribution is 2.43. The summed E-state index contributed by atoms with van der Waals surface area (Å²) in [5, 5.41) is 11.1. The van der Waals surface area contributed by atoms with E-state index in [1.54, 1.807) is 11.3 Å². The van der Waals surface area contributed by atoms with Crippen LogP contribution in [-0.2, 0) is 0 Å². The van der Waals surface area contributed by atoms with E-state index in [1.165, 1.54) is 16.1 Å². The van der Waals surface area contributed by atoms with Gasteiger partial charge in [-0.25, -0.2) is 4.98 Å². The molecule has 0 fully saturated rings. The van der Waals surface area contributed by atoms with Gasteiger partial charge >= 0.3 is 0 Å². The van der Waals surface area contributed by atoms with Gasteiger partial charge in [0.15, 0.2) is 0 Å². The van der Waals surface area contributed by atoms with Crippen LogP contribution in [0.25, 0.3) is 11.3 Å². The molecule has 1 atom stereocenters. The van der Waals surface area contributed by atoms with Crippen LogP contribution in [0.4, 0.5) is 0 Å². The van der Waals surface area contributed by atoms with Crippen LogP contribution < -0.4 is 0 Å². The number of thiophene rings is 1. The predicted molar refractivity (Wildman–Crippen MR) is 55.4 cm³/mol. The highest BCUT2D eigenvalue weighted by atomic mass is 32.1. The topological polar surface area (TPSA) is 38.1 Å². The van der Waals surface area contributed by atoms with Crippen molar-refractivity contribution in [3.05, 3.63) is 28.8 Å². The zero-order chi connectivity index (χ0) is 9.54. The second-order valence-electron chi connectivity index (χ2n) is 3.41. The van der Waals surface area contributed by atoms with Crippen LogP contribution >= 0.6 is 11.3 Å². The Labute approximate surface area is 85.7 Å². The van der Waals surface area contributed by atoms with Gasteiger partial charge in [0.25, 0.3) is 0 Å². The molecular weight excluding hydrogens is 196 g/mol. The third-order valence-electron chi connectivity index (χ3n) is 2.68. The van der Waals surface area contributed by atoms with E-state index in [2.05, 4.69) is 21.0 Å². The van der Waals surface area contributed by atoms with Crippen LogP contribution in [0.5, 0.6) is 0 Å². The van der Waals surface area contributed by atoms with Gasteiger partial charge < -0.3 is 9.67 Å². The van der Waals surface area contributed by atoms with E-state index in [4.69, 9.17) is 5.11 Å². The van der Waals surface area contributed by atoms with E-state index in [0.29, 0.717) is 6.04 Å². The Kier molecular flexibility index (Phi) is 1.72. The summed E-state index contributed by atoms with van der Waals surface area (Å²) in [5.74, 6) is 0. The Balaban J connectivity index is 2.17. The number of nitrogens with zero attached hydrogens (tertiary/aromatic N) is 2. The van der Waals surface area contributed by atoms with Crippen LogP contribution in [0.2, 0.25) is 0 Å². The van der Waals surface area contributed by atoms with Crippen LogP contribution in [0.3, 0.4) is 0 Å². The second-order valence-corrected chi connectivity index (χ2v) is 4.36. The van der Waals surface area contributed by atoms with Crippen molar-refractivity contribution in [2.75, 3.05) is 6.61 Å². The number of fused-ring (bicyclic) bond motifs is 3. The highest BCUT2D eigenvalue weighted by Gasteiger charge is 2.28. The molecule has 0 radical (unpaired) electrons. The summed E-state index contributed by atoms with van der Waals surface area (Å²) in [5.41, 5.74) is 2.46. The van der Waals surface area contributed by atoms with E-state index in [-0.39, 0.29) is 6.61 Å². The monoisotopic (exact) mass is 206 g/mol. The summed E-state index contributed by atoms with van der Waals surface area (Å²) in [6, 6.07) is 2.43. The van der Waals surface area contributed by atoms with Gasteiger partial charge in [-0.3, -0.25) is 0 Å². The van der Waals surface area contributed by atoms with E-state index in [0.717, 1.165) is 6.42 Å². The molecule has 0 aliphatic carbocycles. The number of aliphatic hydroxyl groups excluding tert-OH is 1. The van der Waals surface area contributed by atoms with Crippen LogP contribution in [-0.4, -0.2) is 21.3 Å².